The van der Waals surface area contributed by atoms with Crippen LogP contribution in [0.1, 0.15) is 25.3 Å². The first-order valence-corrected chi connectivity index (χ1v) is 11.6. The van der Waals surface area contributed by atoms with Gasteiger partial charge in [0, 0.05) is 6.42 Å². The quantitative estimate of drug-likeness (QED) is 0.189. The molecule has 12 heteroatoms. The van der Waals surface area contributed by atoms with Crippen molar-refractivity contribution in [3.8, 4) is 0 Å². The summed E-state index contributed by atoms with van der Waals surface area (Å²) in [4.78, 5) is 60.2. The van der Waals surface area contributed by atoms with E-state index in [1.165, 1.54) is 18.7 Å². The molecule has 182 valence electrons. The molecular weight excluding hydrogens is 450 g/mol. The van der Waals surface area contributed by atoms with Crippen molar-refractivity contribution >= 4 is 41.4 Å². The molecule has 0 bridgehead atoms. The zero-order valence-electron chi connectivity index (χ0n) is 18.6. The van der Waals surface area contributed by atoms with Gasteiger partial charge >= 0.3 is 5.97 Å². The van der Waals surface area contributed by atoms with Gasteiger partial charge in [0.15, 0.2) is 0 Å². The number of carbonyl (C=O) groups excluding carboxylic acids is 4. The fourth-order valence-electron chi connectivity index (χ4n) is 2.79. The van der Waals surface area contributed by atoms with E-state index in [4.69, 9.17) is 11.5 Å². The van der Waals surface area contributed by atoms with Gasteiger partial charge < -0.3 is 32.5 Å². The number of thioether (sulfide) groups is 1. The first kappa shape index (κ1) is 27.9. The standard InChI is InChI=1S/C21H31N5O6S/c1-12(18(28)26-16(21(31)32)10-13-6-4-3-5-7-13)24-20(30)15(11-17(23)27)25-19(29)14(22)8-9-33-2/h3-7,12,14-16H,8-11,22H2,1-2H3,(H2,23,27)(H,24,30)(H,25,29)(H,26,28)(H,31,32). The summed E-state index contributed by atoms with van der Waals surface area (Å²) >= 11 is 1.50. The third-order valence-electron chi connectivity index (χ3n) is 4.66. The highest BCUT2D eigenvalue weighted by Gasteiger charge is 2.29. The average Bonchev–Trinajstić information content (AvgIpc) is 2.76. The van der Waals surface area contributed by atoms with Crippen molar-refractivity contribution in [2.45, 2.75) is 50.4 Å². The highest BCUT2D eigenvalue weighted by molar-refractivity contribution is 7.98. The predicted octanol–water partition coefficient (Wildman–Crippen LogP) is -1.26. The Hall–Kier alpha value is -3.12. The van der Waals surface area contributed by atoms with Crippen molar-refractivity contribution < 1.29 is 29.1 Å². The van der Waals surface area contributed by atoms with Crippen LogP contribution in [-0.4, -0.2) is 70.9 Å². The van der Waals surface area contributed by atoms with Gasteiger partial charge in [-0.15, -0.1) is 0 Å². The molecule has 1 rings (SSSR count). The smallest absolute Gasteiger partial charge is 0.326 e. The number of primary amides is 1. The SMILES string of the molecule is CSCCC(N)C(=O)NC(CC(N)=O)C(=O)NC(C)C(=O)NC(Cc1ccccc1)C(=O)O. The molecule has 0 heterocycles. The molecule has 0 fully saturated rings. The number of rotatable bonds is 14. The number of carboxylic acids is 1. The molecule has 0 aliphatic carbocycles. The van der Waals surface area contributed by atoms with Gasteiger partial charge in [-0.25, -0.2) is 4.79 Å². The molecule has 8 N–H and O–H groups in total. The maximum absolute atomic E-state index is 12.6. The minimum atomic E-state index is -1.33. The number of nitrogens with one attached hydrogen (secondary N) is 3. The molecular formula is C21H31N5O6S. The lowest BCUT2D eigenvalue weighted by atomic mass is 10.1. The summed E-state index contributed by atoms with van der Waals surface area (Å²) < 4.78 is 0. The Morgan fingerprint density at radius 2 is 1.58 bits per heavy atom. The van der Waals surface area contributed by atoms with Gasteiger partial charge in [-0.1, -0.05) is 30.3 Å². The van der Waals surface area contributed by atoms with Crippen molar-refractivity contribution in [3.05, 3.63) is 35.9 Å². The monoisotopic (exact) mass is 481 g/mol. The van der Waals surface area contributed by atoms with Gasteiger partial charge in [0.2, 0.25) is 23.6 Å². The van der Waals surface area contributed by atoms with Crippen LogP contribution in [0.25, 0.3) is 0 Å². The normalized spacial score (nSPS) is 14.3. The fourth-order valence-corrected chi connectivity index (χ4v) is 3.28. The molecule has 4 unspecified atom stereocenters. The summed E-state index contributed by atoms with van der Waals surface area (Å²) in [6.07, 6.45) is 1.79. The summed E-state index contributed by atoms with van der Waals surface area (Å²) in [5, 5.41) is 16.6. The number of hydrogen-bond acceptors (Lipinski definition) is 7. The van der Waals surface area contributed by atoms with Gasteiger partial charge in [0.05, 0.1) is 12.5 Å². The summed E-state index contributed by atoms with van der Waals surface area (Å²) in [6.45, 7) is 1.35. The van der Waals surface area contributed by atoms with Crippen molar-refractivity contribution in [1.29, 1.82) is 0 Å². The van der Waals surface area contributed by atoms with Gasteiger partial charge in [0.1, 0.15) is 18.1 Å². The van der Waals surface area contributed by atoms with E-state index in [0.717, 1.165) is 0 Å². The van der Waals surface area contributed by atoms with Crippen LogP contribution in [0, 0.1) is 0 Å². The van der Waals surface area contributed by atoms with Crippen molar-refractivity contribution in [1.82, 2.24) is 16.0 Å². The van der Waals surface area contributed by atoms with Crippen LogP contribution in [0.2, 0.25) is 0 Å². The minimum absolute atomic E-state index is 0.0525. The van der Waals surface area contributed by atoms with E-state index >= 15 is 0 Å². The van der Waals surface area contributed by atoms with E-state index in [1.54, 1.807) is 30.3 Å². The lowest BCUT2D eigenvalue weighted by Gasteiger charge is -2.23. The van der Waals surface area contributed by atoms with Crippen LogP contribution in [0.3, 0.4) is 0 Å². The third-order valence-corrected chi connectivity index (χ3v) is 5.30. The first-order chi connectivity index (χ1) is 15.5. The number of aliphatic carboxylic acids is 1. The number of amides is 4. The van der Waals surface area contributed by atoms with Crippen LogP contribution >= 0.6 is 11.8 Å². The Bertz CT molecular complexity index is 838. The lowest BCUT2D eigenvalue weighted by molar-refractivity contribution is -0.142. The first-order valence-electron chi connectivity index (χ1n) is 10.3. The second-order valence-electron chi connectivity index (χ2n) is 7.44. The summed E-state index contributed by atoms with van der Waals surface area (Å²) in [7, 11) is 0. The highest BCUT2D eigenvalue weighted by Crippen LogP contribution is 2.05. The Morgan fingerprint density at radius 3 is 2.12 bits per heavy atom. The van der Waals surface area contributed by atoms with Gasteiger partial charge in [-0.3, -0.25) is 19.2 Å². The molecule has 11 nitrogen and oxygen atoms in total. The van der Waals surface area contributed by atoms with Crippen LogP contribution in [0.15, 0.2) is 30.3 Å². The molecule has 1 aromatic rings. The Kier molecular flexibility index (Phi) is 11.9. The van der Waals surface area contributed by atoms with Crippen molar-refractivity contribution in [3.63, 3.8) is 0 Å². The molecule has 0 aromatic heterocycles. The Morgan fingerprint density at radius 1 is 0.970 bits per heavy atom. The van der Waals surface area contributed by atoms with E-state index < -0.39 is 60.2 Å². The molecule has 4 amide bonds. The summed E-state index contributed by atoms with van der Waals surface area (Å²) in [5.41, 5.74) is 11.7. The average molecular weight is 482 g/mol. The molecule has 0 spiro atoms. The predicted molar refractivity (Wildman–Crippen MR) is 124 cm³/mol. The van der Waals surface area contributed by atoms with E-state index in [2.05, 4.69) is 16.0 Å². The van der Waals surface area contributed by atoms with Crippen LogP contribution in [-0.2, 0) is 30.4 Å². The topological polar surface area (TPSA) is 194 Å². The molecule has 0 aliphatic heterocycles. The zero-order chi connectivity index (χ0) is 25.0. The lowest BCUT2D eigenvalue weighted by Crippen LogP contribution is -2.57. The molecule has 4 atom stereocenters. The van der Waals surface area contributed by atoms with Crippen LogP contribution in [0.5, 0.6) is 0 Å². The number of benzene rings is 1. The number of carboxylic acid groups (broad SMARTS) is 1. The van der Waals surface area contributed by atoms with E-state index in [1.807, 2.05) is 6.26 Å². The molecule has 0 aliphatic rings. The maximum atomic E-state index is 12.6. The van der Waals surface area contributed by atoms with E-state index in [-0.39, 0.29) is 6.42 Å². The largest absolute Gasteiger partial charge is 0.480 e. The molecule has 1 aromatic carbocycles. The third kappa shape index (κ3) is 10.4. The highest BCUT2D eigenvalue weighted by atomic mass is 32.2. The summed E-state index contributed by atoms with van der Waals surface area (Å²) in [5.74, 6) is -3.63. The molecule has 0 saturated heterocycles. The van der Waals surface area contributed by atoms with Crippen molar-refractivity contribution in [2.24, 2.45) is 11.5 Å². The van der Waals surface area contributed by atoms with E-state index in [0.29, 0.717) is 17.7 Å². The number of carbonyl (C=O) groups is 5. The number of nitrogens with two attached hydrogens (primary N) is 2. The fraction of sp³-hybridized carbons (Fsp3) is 0.476. The van der Waals surface area contributed by atoms with Gasteiger partial charge in [-0.05, 0) is 30.9 Å². The van der Waals surface area contributed by atoms with Crippen LogP contribution in [0.4, 0.5) is 0 Å². The molecule has 0 radical (unpaired) electrons. The van der Waals surface area contributed by atoms with Crippen LogP contribution < -0.4 is 27.4 Å². The zero-order valence-corrected chi connectivity index (χ0v) is 19.4. The number of hydrogen-bond donors (Lipinski definition) is 6. The second-order valence-corrected chi connectivity index (χ2v) is 8.42. The summed E-state index contributed by atoms with van der Waals surface area (Å²) in [6, 6.07) is 4.18. The van der Waals surface area contributed by atoms with Gasteiger partial charge in [-0.2, -0.15) is 11.8 Å². The molecule has 33 heavy (non-hydrogen) atoms. The maximum Gasteiger partial charge on any atom is 0.326 e. The minimum Gasteiger partial charge on any atom is -0.480 e. The molecule has 0 saturated carbocycles. The second kappa shape index (κ2) is 14.1. The van der Waals surface area contributed by atoms with Gasteiger partial charge in [0.25, 0.3) is 0 Å². The van der Waals surface area contributed by atoms with E-state index in [9.17, 15) is 29.1 Å². The Balaban J connectivity index is 2.76. The van der Waals surface area contributed by atoms with Crippen molar-refractivity contribution in [2.75, 3.05) is 12.0 Å². The Labute approximate surface area is 196 Å².